The minimum atomic E-state index is -0.239. The van der Waals surface area contributed by atoms with Crippen molar-refractivity contribution in [3.63, 3.8) is 0 Å². The molecule has 0 saturated carbocycles. The fourth-order valence-corrected chi connectivity index (χ4v) is 1.87. The molecule has 0 aliphatic heterocycles. The van der Waals surface area contributed by atoms with Crippen molar-refractivity contribution in [2.24, 2.45) is 5.73 Å². The van der Waals surface area contributed by atoms with Crippen LogP contribution in [0.15, 0.2) is 30.3 Å². The van der Waals surface area contributed by atoms with Gasteiger partial charge in [-0.05, 0) is 49.7 Å². The first-order valence-corrected chi connectivity index (χ1v) is 6.19. The van der Waals surface area contributed by atoms with E-state index in [-0.39, 0.29) is 10.8 Å². The van der Waals surface area contributed by atoms with Gasteiger partial charge in [-0.25, -0.2) is 9.37 Å². The summed E-state index contributed by atoms with van der Waals surface area (Å²) in [5.74, 6) is 0.343. The number of aromatic nitrogens is 1. The highest BCUT2D eigenvalue weighted by molar-refractivity contribution is 7.80. The molecule has 3 N–H and O–H groups in total. The molecule has 98 valence electrons. The first-order valence-electron chi connectivity index (χ1n) is 5.78. The lowest BCUT2D eigenvalue weighted by atomic mass is 10.2. The van der Waals surface area contributed by atoms with E-state index in [1.807, 2.05) is 19.1 Å². The molecule has 0 fully saturated rings. The third kappa shape index (κ3) is 3.06. The second-order valence-electron chi connectivity index (χ2n) is 4.30. The summed E-state index contributed by atoms with van der Waals surface area (Å²) in [6, 6.07) is 8.44. The summed E-state index contributed by atoms with van der Waals surface area (Å²) >= 11 is 4.99. The minimum Gasteiger partial charge on any atom is -0.389 e. The van der Waals surface area contributed by atoms with Crippen molar-refractivity contribution in [2.45, 2.75) is 13.8 Å². The number of hydrogen-bond donors (Lipinski definition) is 2. The molecular weight excluding hydrogens is 261 g/mol. The average Bonchev–Trinajstić information content (AvgIpc) is 2.33. The molecule has 0 spiro atoms. The molecule has 0 amide bonds. The lowest BCUT2D eigenvalue weighted by Crippen LogP contribution is -2.13. The van der Waals surface area contributed by atoms with Gasteiger partial charge in [0, 0.05) is 11.4 Å². The topological polar surface area (TPSA) is 50.9 Å². The largest absolute Gasteiger partial charge is 0.389 e. The SMILES string of the molecule is Cc1ccc(C(N)=S)c(Nc2ccc(F)c(C)c2)n1. The maximum Gasteiger partial charge on any atom is 0.140 e. The van der Waals surface area contributed by atoms with Gasteiger partial charge in [0.25, 0.3) is 0 Å². The molecule has 1 aromatic carbocycles. The predicted molar refractivity (Wildman–Crippen MR) is 79.3 cm³/mol. The Hall–Kier alpha value is -2.01. The predicted octanol–water partition coefficient (Wildman–Crippen LogP) is 3.22. The summed E-state index contributed by atoms with van der Waals surface area (Å²) in [6.45, 7) is 3.59. The van der Waals surface area contributed by atoms with Crippen molar-refractivity contribution in [1.29, 1.82) is 0 Å². The lowest BCUT2D eigenvalue weighted by Gasteiger charge is -2.11. The van der Waals surface area contributed by atoms with Gasteiger partial charge in [0.15, 0.2) is 0 Å². The number of thiocarbonyl (C=S) groups is 1. The van der Waals surface area contributed by atoms with Crippen molar-refractivity contribution in [1.82, 2.24) is 4.98 Å². The zero-order valence-electron chi connectivity index (χ0n) is 10.7. The van der Waals surface area contributed by atoms with E-state index >= 15 is 0 Å². The molecule has 5 heteroatoms. The van der Waals surface area contributed by atoms with Gasteiger partial charge in [-0.1, -0.05) is 12.2 Å². The molecule has 1 heterocycles. The molecule has 0 aliphatic rings. The summed E-state index contributed by atoms with van der Waals surface area (Å²) in [4.78, 5) is 4.64. The molecule has 3 nitrogen and oxygen atoms in total. The van der Waals surface area contributed by atoms with E-state index in [1.165, 1.54) is 6.07 Å². The van der Waals surface area contributed by atoms with Gasteiger partial charge >= 0.3 is 0 Å². The van der Waals surface area contributed by atoms with E-state index in [4.69, 9.17) is 18.0 Å². The summed E-state index contributed by atoms with van der Waals surface area (Å²) in [5, 5.41) is 3.12. The summed E-state index contributed by atoms with van der Waals surface area (Å²) in [5.41, 5.74) is 8.49. The van der Waals surface area contributed by atoms with Crippen LogP contribution >= 0.6 is 12.2 Å². The van der Waals surface area contributed by atoms with E-state index in [0.717, 1.165) is 11.4 Å². The molecular formula is C14H14FN3S. The van der Waals surface area contributed by atoms with Gasteiger partial charge in [-0.2, -0.15) is 0 Å². The number of benzene rings is 1. The van der Waals surface area contributed by atoms with E-state index in [1.54, 1.807) is 19.1 Å². The van der Waals surface area contributed by atoms with Crippen molar-refractivity contribution >= 4 is 28.7 Å². The van der Waals surface area contributed by atoms with Gasteiger partial charge in [0.2, 0.25) is 0 Å². The average molecular weight is 275 g/mol. The number of halogens is 1. The Morgan fingerprint density at radius 1 is 1.26 bits per heavy atom. The standard InChI is InChI=1S/C14H14FN3S/c1-8-7-10(4-6-12(8)15)18-14-11(13(16)19)5-3-9(2)17-14/h3-7H,1-2H3,(H2,16,19)(H,17,18). The molecule has 2 aromatic rings. The highest BCUT2D eigenvalue weighted by atomic mass is 32.1. The Labute approximate surface area is 116 Å². The number of anilines is 2. The number of nitrogens with one attached hydrogen (secondary N) is 1. The Morgan fingerprint density at radius 2 is 2.00 bits per heavy atom. The maximum absolute atomic E-state index is 13.2. The maximum atomic E-state index is 13.2. The van der Waals surface area contributed by atoms with Crippen LogP contribution in [-0.2, 0) is 0 Å². The smallest absolute Gasteiger partial charge is 0.140 e. The van der Waals surface area contributed by atoms with Gasteiger partial charge in [-0.3, -0.25) is 0 Å². The summed E-state index contributed by atoms with van der Waals surface area (Å²) in [6.07, 6.45) is 0. The molecule has 0 unspecified atom stereocenters. The van der Waals surface area contributed by atoms with Crippen molar-refractivity contribution in [2.75, 3.05) is 5.32 Å². The third-order valence-corrected chi connectivity index (χ3v) is 2.94. The van der Waals surface area contributed by atoms with Gasteiger partial charge in [-0.15, -0.1) is 0 Å². The monoisotopic (exact) mass is 275 g/mol. The van der Waals surface area contributed by atoms with Crippen molar-refractivity contribution in [3.05, 3.63) is 53.0 Å². The van der Waals surface area contributed by atoms with Crippen LogP contribution in [0.1, 0.15) is 16.8 Å². The van der Waals surface area contributed by atoms with E-state index in [0.29, 0.717) is 16.9 Å². The van der Waals surface area contributed by atoms with Crippen LogP contribution < -0.4 is 11.1 Å². The lowest BCUT2D eigenvalue weighted by molar-refractivity contribution is 0.619. The Kier molecular flexibility index (Phi) is 3.76. The summed E-state index contributed by atoms with van der Waals surface area (Å²) < 4.78 is 13.2. The van der Waals surface area contributed by atoms with Crippen LogP contribution in [0, 0.1) is 19.7 Å². The number of pyridine rings is 1. The van der Waals surface area contributed by atoms with Crippen LogP contribution in [-0.4, -0.2) is 9.97 Å². The molecule has 19 heavy (non-hydrogen) atoms. The zero-order chi connectivity index (χ0) is 14.0. The number of aryl methyl sites for hydroxylation is 2. The number of nitrogens with zero attached hydrogens (tertiary/aromatic N) is 1. The van der Waals surface area contributed by atoms with Crippen LogP contribution in [0.3, 0.4) is 0 Å². The number of rotatable bonds is 3. The van der Waals surface area contributed by atoms with E-state index in [9.17, 15) is 4.39 Å². The summed E-state index contributed by atoms with van der Waals surface area (Å²) in [7, 11) is 0. The Balaban J connectivity index is 2.39. The second kappa shape index (κ2) is 5.32. The highest BCUT2D eigenvalue weighted by Gasteiger charge is 2.08. The Bertz CT molecular complexity index is 641. The molecule has 0 aliphatic carbocycles. The first-order chi connectivity index (χ1) is 8.97. The van der Waals surface area contributed by atoms with E-state index in [2.05, 4.69) is 10.3 Å². The minimum absolute atomic E-state index is 0.239. The quantitative estimate of drug-likeness (QED) is 0.845. The van der Waals surface area contributed by atoms with Gasteiger partial charge < -0.3 is 11.1 Å². The third-order valence-electron chi connectivity index (χ3n) is 2.72. The zero-order valence-corrected chi connectivity index (χ0v) is 11.5. The van der Waals surface area contributed by atoms with Crippen LogP contribution in [0.5, 0.6) is 0 Å². The fourth-order valence-electron chi connectivity index (χ4n) is 1.71. The normalized spacial score (nSPS) is 10.3. The van der Waals surface area contributed by atoms with Crippen LogP contribution in [0.2, 0.25) is 0 Å². The first kappa shape index (κ1) is 13.4. The number of hydrogen-bond acceptors (Lipinski definition) is 3. The molecule has 0 atom stereocenters. The van der Waals surface area contributed by atoms with Crippen molar-refractivity contribution in [3.8, 4) is 0 Å². The number of nitrogens with two attached hydrogens (primary N) is 1. The molecule has 0 radical (unpaired) electrons. The molecule has 1 aromatic heterocycles. The molecule has 0 bridgehead atoms. The van der Waals surface area contributed by atoms with Crippen LogP contribution in [0.25, 0.3) is 0 Å². The highest BCUT2D eigenvalue weighted by Crippen LogP contribution is 2.21. The van der Waals surface area contributed by atoms with Crippen LogP contribution in [0.4, 0.5) is 15.9 Å². The Morgan fingerprint density at radius 3 is 2.63 bits per heavy atom. The molecule has 0 saturated heterocycles. The second-order valence-corrected chi connectivity index (χ2v) is 4.74. The fraction of sp³-hybridized carbons (Fsp3) is 0.143. The van der Waals surface area contributed by atoms with Crippen molar-refractivity contribution < 1.29 is 4.39 Å². The van der Waals surface area contributed by atoms with Gasteiger partial charge in [0.05, 0.1) is 5.56 Å². The van der Waals surface area contributed by atoms with E-state index < -0.39 is 0 Å². The van der Waals surface area contributed by atoms with Gasteiger partial charge in [0.1, 0.15) is 16.6 Å². The molecule has 2 rings (SSSR count).